The van der Waals surface area contributed by atoms with Gasteiger partial charge >= 0.3 is 5.97 Å². The Morgan fingerprint density at radius 2 is 2.18 bits per heavy atom. The summed E-state index contributed by atoms with van der Waals surface area (Å²) in [7, 11) is 0. The van der Waals surface area contributed by atoms with Crippen molar-refractivity contribution in [1.29, 1.82) is 0 Å². The fraction of sp³-hybridized carbons (Fsp3) is 0.875. The Morgan fingerprint density at radius 1 is 1.55 bits per heavy atom. The Bertz CT molecular complexity index is 115. The quantitative estimate of drug-likeness (QED) is 0.481. The highest BCUT2D eigenvalue weighted by atomic mass is 32.1. The Kier molecular flexibility index (Phi) is 6.42. The van der Waals surface area contributed by atoms with Crippen LogP contribution in [0.15, 0.2) is 0 Å². The highest BCUT2D eigenvalue weighted by Crippen LogP contribution is 2.11. The molecule has 1 unspecified atom stereocenters. The van der Waals surface area contributed by atoms with E-state index in [1.165, 1.54) is 12.8 Å². The molecule has 0 spiro atoms. The van der Waals surface area contributed by atoms with Gasteiger partial charge in [0.25, 0.3) is 0 Å². The molecule has 0 bridgehead atoms. The molecule has 2 nitrogen and oxygen atoms in total. The van der Waals surface area contributed by atoms with Crippen LogP contribution >= 0.6 is 12.6 Å². The number of hydrogen-bond donors (Lipinski definition) is 2. The van der Waals surface area contributed by atoms with E-state index in [1.807, 2.05) is 0 Å². The summed E-state index contributed by atoms with van der Waals surface area (Å²) < 4.78 is 0. The minimum absolute atomic E-state index is 0.0408. The average molecular weight is 176 g/mol. The molecule has 0 rings (SSSR count). The van der Waals surface area contributed by atoms with E-state index in [1.54, 1.807) is 0 Å². The summed E-state index contributed by atoms with van der Waals surface area (Å²) in [4.78, 5) is 10.2. The van der Waals surface area contributed by atoms with Crippen LogP contribution in [0, 0.1) is 0 Å². The number of thiol groups is 1. The van der Waals surface area contributed by atoms with Crippen LogP contribution in [0.1, 0.15) is 39.0 Å². The van der Waals surface area contributed by atoms with Crippen LogP contribution in [0.5, 0.6) is 0 Å². The molecule has 0 fully saturated rings. The lowest BCUT2D eigenvalue weighted by atomic mass is 10.1. The number of rotatable bonds is 6. The molecule has 0 aliphatic carbocycles. The topological polar surface area (TPSA) is 37.3 Å². The van der Waals surface area contributed by atoms with Gasteiger partial charge in [-0.3, -0.25) is 4.79 Å². The fourth-order valence-corrected chi connectivity index (χ4v) is 1.27. The van der Waals surface area contributed by atoms with Gasteiger partial charge < -0.3 is 5.11 Å². The van der Waals surface area contributed by atoms with Gasteiger partial charge in [-0.2, -0.15) is 12.6 Å². The molecule has 11 heavy (non-hydrogen) atoms. The van der Waals surface area contributed by atoms with Crippen LogP contribution < -0.4 is 0 Å². The molecule has 0 radical (unpaired) electrons. The highest BCUT2D eigenvalue weighted by molar-refractivity contribution is 7.81. The highest BCUT2D eigenvalue weighted by Gasteiger charge is 2.06. The molecular formula is C8H16O2S. The molecule has 0 amide bonds. The van der Waals surface area contributed by atoms with E-state index in [-0.39, 0.29) is 11.7 Å². The van der Waals surface area contributed by atoms with Crippen molar-refractivity contribution in [1.82, 2.24) is 0 Å². The van der Waals surface area contributed by atoms with Crippen LogP contribution in [0.4, 0.5) is 0 Å². The number of hydrogen-bond acceptors (Lipinski definition) is 2. The Labute approximate surface area is 73.4 Å². The van der Waals surface area contributed by atoms with Gasteiger partial charge in [0.2, 0.25) is 0 Å². The van der Waals surface area contributed by atoms with Gasteiger partial charge in [0.1, 0.15) is 0 Å². The zero-order valence-corrected chi connectivity index (χ0v) is 7.81. The summed E-state index contributed by atoms with van der Waals surface area (Å²) >= 11 is 4.16. The first-order chi connectivity index (χ1) is 5.16. The van der Waals surface area contributed by atoms with Crippen LogP contribution in [-0.2, 0) is 4.79 Å². The summed E-state index contributed by atoms with van der Waals surface area (Å²) in [6.45, 7) is 2.13. The SMILES string of the molecule is CCCCCC(S)CC(=O)O. The molecule has 0 saturated heterocycles. The van der Waals surface area contributed by atoms with Crippen LogP contribution in [-0.4, -0.2) is 16.3 Å². The number of unbranched alkanes of at least 4 members (excludes halogenated alkanes) is 2. The zero-order chi connectivity index (χ0) is 8.69. The van der Waals surface area contributed by atoms with E-state index in [0.717, 1.165) is 12.8 Å². The summed E-state index contributed by atoms with van der Waals surface area (Å²) in [6, 6.07) is 0. The van der Waals surface area contributed by atoms with E-state index in [2.05, 4.69) is 19.6 Å². The number of carbonyl (C=O) groups is 1. The van der Waals surface area contributed by atoms with Crippen molar-refractivity contribution in [3.05, 3.63) is 0 Å². The van der Waals surface area contributed by atoms with Gasteiger partial charge in [-0.15, -0.1) is 0 Å². The van der Waals surface area contributed by atoms with Gasteiger partial charge in [0.05, 0.1) is 6.42 Å². The van der Waals surface area contributed by atoms with Gasteiger partial charge in [0.15, 0.2) is 0 Å². The number of carboxylic acid groups (broad SMARTS) is 1. The van der Waals surface area contributed by atoms with Gasteiger partial charge in [-0.1, -0.05) is 26.2 Å². The zero-order valence-electron chi connectivity index (χ0n) is 6.92. The predicted octanol–water partition coefficient (Wildman–Crippen LogP) is 2.34. The normalized spacial score (nSPS) is 12.9. The minimum atomic E-state index is -0.749. The lowest BCUT2D eigenvalue weighted by Gasteiger charge is -2.05. The Morgan fingerprint density at radius 3 is 2.64 bits per heavy atom. The van der Waals surface area contributed by atoms with Crippen LogP contribution in [0.2, 0.25) is 0 Å². The molecule has 0 aliphatic heterocycles. The van der Waals surface area contributed by atoms with Crippen molar-refractivity contribution in [2.45, 2.75) is 44.3 Å². The standard InChI is InChI=1S/C8H16O2S/c1-2-3-4-5-7(11)6-8(9)10/h7,11H,2-6H2,1H3,(H,9,10). The predicted molar refractivity (Wildman–Crippen MR) is 49.2 cm³/mol. The van der Waals surface area contributed by atoms with E-state index in [4.69, 9.17) is 5.11 Å². The lowest BCUT2D eigenvalue weighted by Crippen LogP contribution is -2.06. The third-order valence-electron chi connectivity index (χ3n) is 1.55. The number of carboxylic acids is 1. The molecule has 0 aliphatic rings. The second-order valence-electron chi connectivity index (χ2n) is 2.75. The third kappa shape index (κ3) is 7.72. The Hall–Kier alpha value is -0.180. The monoisotopic (exact) mass is 176 g/mol. The molecule has 0 aromatic carbocycles. The lowest BCUT2D eigenvalue weighted by molar-refractivity contribution is -0.136. The molecule has 1 atom stereocenters. The first kappa shape index (κ1) is 10.8. The van der Waals surface area contributed by atoms with E-state index >= 15 is 0 Å². The molecule has 0 heterocycles. The fourth-order valence-electron chi connectivity index (χ4n) is 0.934. The van der Waals surface area contributed by atoms with Crippen molar-refractivity contribution in [2.24, 2.45) is 0 Å². The molecule has 0 aromatic rings. The largest absolute Gasteiger partial charge is 0.481 e. The van der Waals surface area contributed by atoms with Crippen molar-refractivity contribution < 1.29 is 9.90 Å². The van der Waals surface area contributed by atoms with Gasteiger partial charge in [-0.25, -0.2) is 0 Å². The summed E-state index contributed by atoms with van der Waals surface area (Å²) in [5.41, 5.74) is 0. The molecule has 1 N–H and O–H groups in total. The molecule has 0 saturated carbocycles. The second kappa shape index (κ2) is 6.53. The van der Waals surface area contributed by atoms with Crippen molar-refractivity contribution in [3.63, 3.8) is 0 Å². The van der Waals surface area contributed by atoms with Crippen molar-refractivity contribution in [2.75, 3.05) is 0 Å². The van der Waals surface area contributed by atoms with E-state index < -0.39 is 5.97 Å². The van der Waals surface area contributed by atoms with Crippen molar-refractivity contribution in [3.8, 4) is 0 Å². The first-order valence-corrected chi connectivity index (χ1v) is 4.58. The minimum Gasteiger partial charge on any atom is -0.481 e. The summed E-state index contributed by atoms with van der Waals surface area (Å²) in [5, 5.41) is 8.43. The van der Waals surface area contributed by atoms with Crippen LogP contribution in [0.25, 0.3) is 0 Å². The van der Waals surface area contributed by atoms with Crippen molar-refractivity contribution >= 4 is 18.6 Å². The maximum absolute atomic E-state index is 10.2. The first-order valence-electron chi connectivity index (χ1n) is 4.06. The van der Waals surface area contributed by atoms with E-state index in [0.29, 0.717) is 0 Å². The molecule has 0 aromatic heterocycles. The average Bonchev–Trinajstić information content (AvgIpc) is 1.86. The van der Waals surface area contributed by atoms with Crippen LogP contribution in [0.3, 0.4) is 0 Å². The Balaban J connectivity index is 3.22. The molecular weight excluding hydrogens is 160 g/mol. The maximum atomic E-state index is 10.2. The smallest absolute Gasteiger partial charge is 0.304 e. The summed E-state index contributed by atoms with van der Waals surface area (Å²) in [6.07, 6.45) is 4.55. The summed E-state index contributed by atoms with van der Waals surface area (Å²) in [5.74, 6) is -0.749. The van der Waals surface area contributed by atoms with Gasteiger partial charge in [0, 0.05) is 5.25 Å². The van der Waals surface area contributed by atoms with Gasteiger partial charge in [-0.05, 0) is 6.42 Å². The number of aliphatic carboxylic acids is 1. The molecule has 66 valence electrons. The van der Waals surface area contributed by atoms with E-state index in [9.17, 15) is 4.79 Å². The second-order valence-corrected chi connectivity index (χ2v) is 3.48. The maximum Gasteiger partial charge on any atom is 0.304 e. The third-order valence-corrected chi connectivity index (χ3v) is 1.99. The molecule has 3 heteroatoms.